The molecule has 0 fully saturated rings. The molecule has 0 bridgehead atoms. The molecule has 0 saturated heterocycles. The molecule has 0 atom stereocenters. The van der Waals surface area contributed by atoms with Gasteiger partial charge in [-0.05, 0) is 37.1 Å². The predicted octanol–water partition coefficient (Wildman–Crippen LogP) is 6.57. The Hall–Kier alpha value is -2.35. The van der Waals surface area contributed by atoms with Crippen LogP contribution in [0.15, 0.2) is 73.1 Å². The molecular weight excluding hydrogens is 328 g/mol. The van der Waals surface area contributed by atoms with Crippen molar-refractivity contribution < 1.29 is 4.57 Å². The third kappa shape index (κ3) is 5.56. The van der Waals surface area contributed by atoms with Crippen molar-refractivity contribution in [2.24, 2.45) is 0 Å². The van der Waals surface area contributed by atoms with E-state index in [2.05, 4.69) is 89.1 Å². The fourth-order valence-corrected chi connectivity index (χ4v) is 3.71. The second-order valence-corrected chi connectivity index (χ2v) is 7.36. The third-order valence-electron chi connectivity index (χ3n) is 5.21. The van der Waals surface area contributed by atoms with Crippen LogP contribution >= 0.6 is 0 Å². The Morgan fingerprint density at radius 2 is 1.30 bits per heavy atom. The van der Waals surface area contributed by atoms with E-state index in [1.807, 2.05) is 0 Å². The fourth-order valence-electron chi connectivity index (χ4n) is 3.71. The number of imidazole rings is 1. The molecule has 0 aliphatic rings. The normalized spacial score (nSPS) is 11.0. The molecule has 0 radical (unpaired) electrons. The van der Waals surface area contributed by atoms with Crippen molar-refractivity contribution in [2.45, 2.75) is 64.8 Å². The van der Waals surface area contributed by atoms with E-state index in [1.54, 1.807) is 0 Å². The number of rotatable bonds is 11. The van der Waals surface area contributed by atoms with Crippen molar-refractivity contribution in [2.75, 3.05) is 0 Å². The molecule has 0 aliphatic carbocycles. The Kier molecular flexibility index (Phi) is 7.70. The Morgan fingerprint density at radius 3 is 1.96 bits per heavy atom. The van der Waals surface area contributed by atoms with Crippen LogP contribution < -0.4 is 4.57 Å². The van der Waals surface area contributed by atoms with Crippen LogP contribution in [0.2, 0.25) is 0 Å². The van der Waals surface area contributed by atoms with Gasteiger partial charge in [0.1, 0.15) is 18.1 Å². The van der Waals surface area contributed by atoms with Gasteiger partial charge in [0.05, 0.1) is 12.1 Å². The maximum atomic E-state index is 2.42. The molecule has 142 valence electrons. The Labute approximate surface area is 164 Å². The summed E-state index contributed by atoms with van der Waals surface area (Å²) in [6.07, 6.45) is 15.3. The predicted molar refractivity (Wildman–Crippen MR) is 114 cm³/mol. The van der Waals surface area contributed by atoms with Gasteiger partial charge in [-0.3, -0.25) is 0 Å². The van der Waals surface area contributed by atoms with Gasteiger partial charge >= 0.3 is 0 Å². The van der Waals surface area contributed by atoms with Crippen molar-refractivity contribution in [1.82, 2.24) is 4.57 Å². The third-order valence-corrected chi connectivity index (χ3v) is 5.21. The lowest BCUT2D eigenvalue weighted by Crippen LogP contribution is -2.34. The average molecular weight is 362 g/mol. The molecule has 0 spiro atoms. The monoisotopic (exact) mass is 361 g/mol. The highest BCUT2D eigenvalue weighted by molar-refractivity contribution is 5.55. The quantitative estimate of drug-likeness (QED) is 0.270. The fraction of sp³-hybridized carbons (Fsp3) is 0.400. The van der Waals surface area contributed by atoms with Crippen LogP contribution in [-0.4, -0.2) is 4.57 Å². The number of aromatic nitrogens is 2. The van der Waals surface area contributed by atoms with Crippen molar-refractivity contribution in [3.05, 3.63) is 73.1 Å². The molecular formula is C25H33N2+. The molecule has 0 aliphatic heterocycles. The minimum absolute atomic E-state index is 1.08. The molecule has 3 aromatic rings. The largest absolute Gasteiger partial charge is 0.294 e. The smallest absolute Gasteiger partial charge is 0.230 e. The number of unbranched alkanes of at least 4 members (excludes halogenated alkanes) is 7. The summed E-state index contributed by atoms with van der Waals surface area (Å²) in [6, 6.07) is 21.4. The standard InChI is InChI=1S/C25H33N2/c1-2-3-4-5-6-7-8-15-20-26-21-22-27(24-18-13-10-14-19-24)25(26)23-16-11-9-12-17-23/h9-14,16-19,21-22H,2-8,15,20H2,1H3/q+1. The van der Waals surface area contributed by atoms with Gasteiger partial charge < -0.3 is 0 Å². The maximum Gasteiger partial charge on any atom is 0.294 e. The van der Waals surface area contributed by atoms with Crippen molar-refractivity contribution in [1.29, 1.82) is 0 Å². The van der Waals surface area contributed by atoms with E-state index in [-0.39, 0.29) is 0 Å². The molecule has 0 amide bonds. The highest BCUT2D eigenvalue weighted by Gasteiger charge is 2.20. The minimum atomic E-state index is 1.08. The van der Waals surface area contributed by atoms with E-state index < -0.39 is 0 Å². The van der Waals surface area contributed by atoms with Crippen molar-refractivity contribution in [3.63, 3.8) is 0 Å². The summed E-state index contributed by atoms with van der Waals surface area (Å²) in [6.45, 7) is 3.36. The number of nitrogens with zero attached hydrogens (tertiary/aromatic N) is 2. The van der Waals surface area contributed by atoms with E-state index in [4.69, 9.17) is 0 Å². The summed E-state index contributed by atoms with van der Waals surface area (Å²) in [5.41, 5.74) is 2.48. The summed E-state index contributed by atoms with van der Waals surface area (Å²) in [4.78, 5) is 0. The summed E-state index contributed by atoms with van der Waals surface area (Å²) in [7, 11) is 0. The number of hydrogen-bond acceptors (Lipinski definition) is 0. The van der Waals surface area contributed by atoms with Gasteiger partial charge in [0.15, 0.2) is 0 Å². The first-order valence-electron chi connectivity index (χ1n) is 10.6. The van der Waals surface area contributed by atoms with Crippen LogP contribution in [-0.2, 0) is 6.54 Å². The van der Waals surface area contributed by atoms with Gasteiger partial charge in [0.2, 0.25) is 0 Å². The van der Waals surface area contributed by atoms with Crippen LogP contribution in [0.3, 0.4) is 0 Å². The highest BCUT2D eigenvalue weighted by atomic mass is 15.2. The van der Waals surface area contributed by atoms with E-state index in [0.29, 0.717) is 0 Å². The van der Waals surface area contributed by atoms with Gasteiger partial charge in [0.25, 0.3) is 5.82 Å². The van der Waals surface area contributed by atoms with Gasteiger partial charge in [0, 0.05) is 0 Å². The zero-order valence-electron chi connectivity index (χ0n) is 16.7. The first-order chi connectivity index (χ1) is 13.4. The van der Waals surface area contributed by atoms with Crippen LogP contribution in [0.25, 0.3) is 17.1 Å². The zero-order valence-corrected chi connectivity index (χ0v) is 16.7. The topological polar surface area (TPSA) is 8.81 Å². The van der Waals surface area contributed by atoms with E-state index >= 15 is 0 Å². The summed E-state index contributed by atoms with van der Waals surface area (Å²) < 4.78 is 4.72. The highest BCUT2D eigenvalue weighted by Crippen LogP contribution is 2.20. The number of aryl methyl sites for hydroxylation is 1. The maximum absolute atomic E-state index is 2.42. The molecule has 2 aromatic carbocycles. The minimum Gasteiger partial charge on any atom is -0.230 e. The lowest BCUT2D eigenvalue weighted by atomic mass is 10.1. The first kappa shape index (κ1) is 19.4. The van der Waals surface area contributed by atoms with E-state index in [1.165, 1.54) is 68.4 Å². The molecule has 0 saturated carbocycles. The summed E-state index contributed by atoms with van der Waals surface area (Å²) >= 11 is 0. The van der Waals surface area contributed by atoms with Crippen LogP contribution in [0, 0.1) is 0 Å². The Bertz CT molecular complexity index is 775. The number of benzene rings is 2. The lowest BCUT2D eigenvalue weighted by molar-refractivity contribution is -0.685. The number of para-hydroxylation sites is 1. The van der Waals surface area contributed by atoms with Crippen LogP contribution in [0.1, 0.15) is 58.3 Å². The second kappa shape index (κ2) is 10.7. The molecule has 1 aromatic heterocycles. The van der Waals surface area contributed by atoms with Gasteiger partial charge in [-0.1, -0.05) is 81.8 Å². The summed E-state index contributed by atoms with van der Waals surface area (Å²) in [5, 5.41) is 0. The van der Waals surface area contributed by atoms with Crippen LogP contribution in [0.5, 0.6) is 0 Å². The molecule has 1 heterocycles. The average Bonchev–Trinajstić information content (AvgIpc) is 3.15. The molecule has 0 N–H and O–H groups in total. The molecule has 27 heavy (non-hydrogen) atoms. The van der Waals surface area contributed by atoms with E-state index in [0.717, 1.165) is 6.54 Å². The van der Waals surface area contributed by atoms with Crippen molar-refractivity contribution in [3.8, 4) is 17.1 Å². The zero-order chi connectivity index (χ0) is 18.7. The first-order valence-corrected chi connectivity index (χ1v) is 10.6. The lowest BCUT2D eigenvalue weighted by Gasteiger charge is -2.06. The van der Waals surface area contributed by atoms with Crippen molar-refractivity contribution >= 4 is 0 Å². The van der Waals surface area contributed by atoms with Gasteiger partial charge in [-0.15, -0.1) is 0 Å². The Balaban J connectivity index is 1.66. The van der Waals surface area contributed by atoms with Gasteiger partial charge in [-0.2, -0.15) is 4.57 Å². The van der Waals surface area contributed by atoms with Gasteiger partial charge in [-0.25, -0.2) is 4.57 Å². The molecule has 2 nitrogen and oxygen atoms in total. The number of hydrogen-bond donors (Lipinski definition) is 0. The molecule has 0 unspecified atom stereocenters. The summed E-state index contributed by atoms with van der Waals surface area (Å²) in [5.74, 6) is 1.27. The Morgan fingerprint density at radius 1 is 0.704 bits per heavy atom. The SMILES string of the molecule is CCCCCCCCCC[n+]1ccn(-c2ccccc2)c1-c1ccccc1. The van der Waals surface area contributed by atoms with E-state index in [9.17, 15) is 0 Å². The van der Waals surface area contributed by atoms with Crippen LogP contribution in [0.4, 0.5) is 0 Å². The molecule has 2 heteroatoms. The second-order valence-electron chi connectivity index (χ2n) is 7.36. The molecule has 3 rings (SSSR count).